The summed E-state index contributed by atoms with van der Waals surface area (Å²) in [7, 11) is 0. The minimum atomic E-state index is 0.0323. The van der Waals surface area contributed by atoms with Gasteiger partial charge in [-0.2, -0.15) is 0 Å². The van der Waals surface area contributed by atoms with E-state index in [0.717, 1.165) is 45.1 Å². The molecular weight excluding hydrogens is 404 g/mol. The number of nitrogens with one attached hydrogen (secondary N) is 1. The van der Waals surface area contributed by atoms with Gasteiger partial charge in [0.2, 0.25) is 5.91 Å². The minimum absolute atomic E-state index is 0.0323. The Bertz CT molecular complexity index is 1020. The number of rotatable bonds is 5. The molecule has 1 aliphatic heterocycles. The van der Waals surface area contributed by atoms with Crippen LogP contribution >= 0.6 is 22.7 Å². The van der Waals surface area contributed by atoms with Crippen LogP contribution in [-0.4, -0.2) is 43.8 Å². The van der Waals surface area contributed by atoms with Crippen molar-refractivity contribution in [1.82, 2.24) is 24.8 Å². The summed E-state index contributed by atoms with van der Waals surface area (Å²) in [6, 6.07) is 0. The number of amides is 1. The number of carbonyl (C=O) groups is 1. The van der Waals surface area contributed by atoms with E-state index in [2.05, 4.69) is 25.3 Å². The zero-order valence-corrected chi connectivity index (χ0v) is 18.0. The zero-order chi connectivity index (χ0) is 20.2. The standard InChI is InChI=1S/C20H22N6OS2/c1-13-11-23-20(29-13)25-19-18(21-7-8-22-19)15-5-9-26(10-6-15)17(27)4-3-16-12-28-14(2)24-16/h3-4,7-8,11-12,15H,5-6,9-10H2,1-2H3,(H,22,23,25). The Hall–Kier alpha value is -2.65. The van der Waals surface area contributed by atoms with E-state index in [1.54, 1.807) is 47.2 Å². The fourth-order valence-electron chi connectivity index (χ4n) is 3.35. The van der Waals surface area contributed by atoms with Crippen LogP contribution in [0.5, 0.6) is 0 Å². The van der Waals surface area contributed by atoms with Crippen molar-refractivity contribution in [2.24, 2.45) is 0 Å². The molecule has 0 aliphatic carbocycles. The highest BCUT2D eigenvalue weighted by Gasteiger charge is 2.26. The third-order valence-corrected chi connectivity index (χ3v) is 6.42. The van der Waals surface area contributed by atoms with E-state index in [4.69, 9.17) is 0 Å². The van der Waals surface area contributed by atoms with Gasteiger partial charge in [0, 0.05) is 53.9 Å². The summed E-state index contributed by atoms with van der Waals surface area (Å²) in [6.45, 7) is 5.39. The second-order valence-corrected chi connectivity index (χ2v) is 9.21. The van der Waals surface area contributed by atoms with E-state index in [1.807, 2.05) is 30.3 Å². The number of nitrogens with zero attached hydrogens (tertiary/aromatic N) is 5. The third kappa shape index (κ3) is 4.86. The van der Waals surface area contributed by atoms with Crippen LogP contribution in [0.15, 0.2) is 30.0 Å². The predicted octanol–water partition coefficient (Wildman–Crippen LogP) is 4.17. The average Bonchev–Trinajstić information content (AvgIpc) is 3.34. The van der Waals surface area contributed by atoms with Crippen molar-refractivity contribution >= 4 is 45.6 Å². The number of thiazole rings is 2. The molecule has 1 N–H and O–H groups in total. The van der Waals surface area contributed by atoms with Gasteiger partial charge >= 0.3 is 0 Å². The molecule has 150 valence electrons. The molecule has 3 aromatic heterocycles. The molecule has 0 unspecified atom stereocenters. The lowest BCUT2D eigenvalue weighted by molar-refractivity contribution is -0.126. The zero-order valence-electron chi connectivity index (χ0n) is 16.3. The highest BCUT2D eigenvalue weighted by molar-refractivity contribution is 7.15. The third-order valence-electron chi connectivity index (χ3n) is 4.80. The Kier molecular flexibility index (Phi) is 5.96. The van der Waals surface area contributed by atoms with Crippen molar-refractivity contribution in [3.05, 3.63) is 51.3 Å². The van der Waals surface area contributed by atoms with Gasteiger partial charge in [-0.15, -0.1) is 22.7 Å². The average molecular weight is 427 g/mol. The van der Waals surface area contributed by atoms with E-state index >= 15 is 0 Å². The highest BCUT2D eigenvalue weighted by atomic mass is 32.1. The van der Waals surface area contributed by atoms with Gasteiger partial charge in [0.1, 0.15) is 0 Å². The van der Waals surface area contributed by atoms with Gasteiger partial charge in [-0.05, 0) is 32.8 Å². The molecule has 0 radical (unpaired) electrons. The van der Waals surface area contributed by atoms with E-state index in [1.165, 1.54) is 0 Å². The Morgan fingerprint density at radius 2 is 2.00 bits per heavy atom. The van der Waals surface area contributed by atoms with E-state index in [-0.39, 0.29) is 11.8 Å². The van der Waals surface area contributed by atoms with Crippen LogP contribution in [-0.2, 0) is 4.79 Å². The van der Waals surface area contributed by atoms with Gasteiger partial charge in [-0.1, -0.05) is 0 Å². The van der Waals surface area contributed by atoms with Gasteiger partial charge in [-0.3, -0.25) is 9.78 Å². The number of anilines is 2. The smallest absolute Gasteiger partial charge is 0.246 e. The topological polar surface area (TPSA) is 83.9 Å². The predicted molar refractivity (Wildman–Crippen MR) is 117 cm³/mol. The second kappa shape index (κ2) is 8.79. The molecule has 3 aromatic rings. The van der Waals surface area contributed by atoms with Crippen molar-refractivity contribution in [1.29, 1.82) is 0 Å². The van der Waals surface area contributed by atoms with Crippen LogP contribution in [0.4, 0.5) is 10.9 Å². The van der Waals surface area contributed by atoms with Crippen molar-refractivity contribution in [2.75, 3.05) is 18.4 Å². The second-order valence-electron chi connectivity index (χ2n) is 6.92. The Morgan fingerprint density at radius 3 is 2.69 bits per heavy atom. The van der Waals surface area contributed by atoms with Crippen LogP contribution in [0, 0.1) is 13.8 Å². The Morgan fingerprint density at radius 1 is 1.21 bits per heavy atom. The van der Waals surface area contributed by atoms with Crippen LogP contribution in [0.25, 0.3) is 6.08 Å². The van der Waals surface area contributed by atoms with Crippen molar-refractivity contribution in [3.63, 3.8) is 0 Å². The first-order valence-electron chi connectivity index (χ1n) is 9.48. The van der Waals surface area contributed by atoms with Crippen LogP contribution in [0.1, 0.15) is 40.0 Å². The van der Waals surface area contributed by atoms with E-state index in [0.29, 0.717) is 13.1 Å². The number of piperidine rings is 1. The quantitative estimate of drug-likeness (QED) is 0.617. The first-order chi connectivity index (χ1) is 14.1. The molecule has 7 nitrogen and oxygen atoms in total. The summed E-state index contributed by atoms with van der Waals surface area (Å²) in [5.41, 5.74) is 1.78. The summed E-state index contributed by atoms with van der Waals surface area (Å²) >= 11 is 3.18. The van der Waals surface area contributed by atoms with Crippen LogP contribution in [0.2, 0.25) is 0 Å². The summed E-state index contributed by atoms with van der Waals surface area (Å²) in [6.07, 6.45) is 10.4. The molecule has 1 amide bonds. The minimum Gasteiger partial charge on any atom is -0.339 e. The van der Waals surface area contributed by atoms with Gasteiger partial charge in [0.25, 0.3) is 0 Å². The highest BCUT2D eigenvalue weighted by Crippen LogP contribution is 2.32. The number of carbonyl (C=O) groups excluding carboxylic acids is 1. The summed E-state index contributed by atoms with van der Waals surface area (Å²) in [5, 5.41) is 7.08. The van der Waals surface area contributed by atoms with Crippen LogP contribution in [0.3, 0.4) is 0 Å². The lowest BCUT2D eigenvalue weighted by Gasteiger charge is -2.31. The number of hydrogen-bond donors (Lipinski definition) is 1. The fraction of sp³-hybridized carbons (Fsp3) is 0.350. The lowest BCUT2D eigenvalue weighted by Crippen LogP contribution is -2.37. The molecule has 4 rings (SSSR count). The largest absolute Gasteiger partial charge is 0.339 e. The molecule has 0 bridgehead atoms. The SMILES string of the molecule is Cc1cnc(Nc2nccnc2C2CCN(C(=O)C=Cc3csc(C)n3)CC2)s1. The normalized spacial score (nSPS) is 15.2. The molecule has 1 fully saturated rings. The van der Waals surface area contributed by atoms with Gasteiger partial charge in [0.15, 0.2) is 10.9 Å². The number of aromatic nitrogens is 4. The molecule has 0 saturated carbocycles. The number of aryl methyl sites for hydroxylation is 2. The van der Waals surface area contributed by atoms with Crippen molar-refractivity contribution in [3.8, 4) is 0 Å². The summed E-state index contributed by atoms with van der Waals surface area (Å²) in [5.74, 6) is 1.05. The van der Waals surface area contributed by atoms with E-state index < -0.39 is 0 Å². The first-order valence-corrected chi connectivity index (χ1v) is 11.2. The molecule has 9 heteroatoms. The number of hydrogen-bond acceptors (Lipinski definition) is 8. The molecular formula is C20H22N6OS2. The van der Waals surface area contributed by atoms with Gasteiger partial charge in [0.05, 0.1) is 16.4 Å². The van der Waals surface area contributed by atoms with Gasteiger partial charge < -0.3 is 10.2 Å². The molecule has 0 atom stereocenters. The molecule has 4 heterocycles. The van der Waals surface area contributed by atoms with Gasteiger partial charge in [-0.25, -0.2) is 15.0 Å². The molecule has 1 saturated heterocycles. The van der Waals surface area contributed by atoms with E-state index in [9.17, 15) is 4.79 Å². The summed E-state index contributed by atoms with van der Waals surface area (Å²) < 4.78 is 0. The van der Waals surface area contributed by atoms with Crippen LogP contribution < -0.4 is 5.32 Å². The fourth-order valence-corrected chi connectivity index (χ4v) is 4.59. The Labute approximate surface area is 177 Å². The summed E-state index contributed by atoms with van der Waals surface area (Å²) in [4.78, 5) is 33.3. The number of likely N-dealkylation sites (tertiary alicyclic amines) is 1. The first kappa shape index (κ1) is 19.7. The molecule has 29 heavy (non-hydrogen) atoms. The molecule has 1 aliphatic rings. The maximum Gasteiger partial charge on any atom is 0.246 e. The molecule has 0 spiro atoms. The lowest BCUT2D eigenvalue weighted by atomic mass is 9.93. The molecule has 0 aromatic carbocycles. The van der Waals surface area contributed by atoms with Crippen molar-refractivity contribution < 1.29 is 4.79 Å². The van der Waals surface area contributed by atoms with Crippen molar-refractivity contribution in [2.45, 2.75) is 32.6 Å². The monoisotopic (exact) mass is 426 g/mol. The maximum absolute atomic E-state index is 12.5. The Balaban J connectivity index is 1.38. The maximum atomic E-state index is 12.5.